The van der Waals surface area contributed by atoms with Gasteiger partial charge in [0.2, 0.25) is 0 Å². The summed E-state index contributed by atoms with van der Waals surface area (Å²) < 4.78 is 4.90. The Morgan fingerprint density at radius 2 is 1.94 bits per heavy atom. The minimum Gasteiger partial charge on any atom is -0.481 e. The molecule has 5 heteroatoms. The summed E-state index contributed by atoms with van der Waals surface area (Å²) in [6, 6.07) is 0. The Morgan fingerprint density at radius 3 is 2.17 bits per heavy atom. The summed E-state index contributed by atoms with van der Waals surface area (Å²) in [5.41, 5.74) is -0.254. The second kappa shape index (κ2) is 5.82. The van der Waals surface area contributed by atoms with Gasteiger partial charge in [-0.05, 0) is 25.7 Å². The van der Waals surface area contributed by atoms with E-state index in [1.165, 1.54) is 6.08 Å². The molecule has 2 rings (SSSR count). The van der Waals surface area contributed by atoms with Gasteiger partial charge in [-0.2, -0.15) is 0 Å². The quantitative estimate of drug-likeness (QED) is 0.429. The number of epoxide rings is 1. The molecule has 0 amide bonds. The van der Waals surface area contributed by atoms with Crippen molar-refractivity contribution in [2.75, 3.05) is 6.61 Å². The molecule has 0 bridgehead atoms. The van der Waals surface area contributed by atoms with E-state index < -0.39 is 17.4 Å². The Hall–Kier alpha value is -1.62. The van der Waals surface area contributed by atoms with E-state index in [4.69, 9.17) is 14.9 Å². The van der Waals surface area contributed by atoms with Crippen molar-refractivity contribution in [3.63, 3.8) is 0 Å². The third kappa shape index (κ3) is 4.33. The predicted octanol–water partition coefficient (Wildman–Crippen LogP) is 1.84. The molecule has 0 spiro atoms. The van der Waals surface area contributed by atoms with Crippen LogP contribution in [-0.4, -0.2) is 34.9 Å². The molecule has 0 aromatic rings. The molecular weight excluding hydrogens is 236 g/mol. The van der Waals surface area contributed by atoms with Gasteiger partial charge in [-0.25, -0.2) is 4.79 Å². The summed E-state index contributed by atoms with van der Waals surface area (Å²) in [5.74, 6) is -1.63. The first-order valence-electron chi connectivity index (χ1n) is 5.81. The molecule has 1 aliphatic carbocycles. The van der Waals surface area contributed by atoms with Crippen molar-refractivity contribution in [2.45, 2.75) is 31.8 Å². The van der Waals surface area contributed by atoms with Crippen LogP contribution in [0, 0.1) is 5.41 Å². The second-order valence-electron chi connectivity index (χ2n) is 4.57. The minimum atomic E-state index is -0.902. The first-order chi connectivity index (χ1) is 8.41. The average Bonchev–Trinajstić information content (AvgIpc) is 3.18. The molecule has 1 unspecified atom stereocenters. The van der Waals surface area contributed by atoms with Crippen molar-refractivity contribution in [1.29, 1.82) is 0 Å². The van der Waals surface area contributed by atoms with Crippen LogP contribution in [0.4, 0.5) is 0 Å². The van der Waals surface area contributed by atoms with Gasteiger partial charge in [-0.15, -0.1) is 6.58 Å². The lowest BCUT2D eigenvalue weighted by Crippen LogP contribution is -2.10. The topological polar surface area (TPSA) is 87.1 Å². The Bertz CT molecular complexity index is 364. The molecule has 1 saturated heterocycles. The molecule has 1 atom stereocenters. The number of carbonyl (C=O) groups is 2. The summed E-state index contributed by atoms with van der Waals surface area (Å²) in [4.78, 5) is 20.4. The van der Waals surface area contributed by atoms with E-state index in [1.54, 1.807) is 0 Å². The molecule has 1 saturated carbocycles. The summed E-state index contributed by atoms with van der Waals surface area (Å²) >= 11 is 0. The van der Waals surface area contributed by atoms with Crippen molar-refractivity contribution in [3.8, 4) is 0 Å². The third-order valence-electron chi connectivity index (χ3n) is 3.08. The van der Waals surface area contributed by atoms with Gasteiger partial charge in [0.1, 0.15) is 0 Å². The van der Waals surface area contributed by atoms with Crippen molar-refractivity contribution >= 4 is 11.9 Å². The maximum absolute atomic E-state index is 10.2. The standard InChI is InChI=1S/C7H10O3.C6H8O2/c1-5(7(8)9)2-3-6-4-10-6;1-2-6(3-4-6)5(7)8/h6H,1-4H2,(H,8,9);2H,1,3-4H2,(H,7,8). The molecule has 0 aromatic carbocycles. The van der Waals surface area contributed by atoms with Crippen LogP contribution < -0.4 is 0 Å². The normalized spacial score (nSPS) is 22.1. The van der Waals surface area contributed by atoms with Gasteiger partial charge >= 0.3 is 11.9 Å². The molecule has 18 heavy (non-hydrogen) atoms. The predicted molar refractivity (Wildman–Crippen MR) is 65.2 cm³/mol. The third-order valence-corrected chi connectivity index (χ3v) is 3.08. The van der Waals surface area contributed by atoms with Crippen molar-refractivity contribution in [2.24, 2.45) is 5.41 Å². The Morgan fingerprint density at radius 1 is 1.39 bits per heavy atom. The lowest BCUT2D eigenvalue weighted by molar-refractivity contribution is -0.141. The molecule has 0 aromatic heterocycles. The highest BCUT2D eigenvalue weighted by molar-refractivity contribution is 5.85. The summed E-state index contributed by atoms with van der Waals surface area (Å²) in [6.45, 7) is 7.62. The SMILES string of the molecule is C=C(CCC1CO1)C(=O)O.C=CC1(C(=O)O)CC1. The lowest BCUT2D eigenvalue weighted by atomic mass is 10.1. The zero-order valence-corrected chi connectivity index (χ0v) is 10.2. The van der Waals surface area contributed by atoms with Crippen LogP contribution in [0.1, 0.15) is 25.7 Å². The fourth-order valence-electron chi connectivity index (χ4n) is 1.32. The summed E-state index contributed by atoms with van der Waals surface area (Å²) in [6.07, 6.45) is 4.70. The van der Waals surface area contributed by atoms with Crippen LogP contribution in [0.25, 0.3) is 0 Å². The highest BCUT2D eigenvalue weighted by atomic mass is 16.6. The maximum atomic E-state index is 10.2. The number of rotatable bonds is 6. The van der Waals surface area contributed by atoms with Gasteiger partial charge in [0.15, 0.2) is 0 Å². The van der Waals surface area contributed by atoms with Crippen LogP contribution >= 0.6 is 0 Å². The van der Waals surface area contributed by atoms with Crippen molar-refractivity contribution < 1.29 is 24.5 Å². The van der Waals surface area contributed by atoms with Crippen molar-refractivity contribution in [1.82, 2.24) is 0 Å². The molecule has 2 N–H and O–H groups in total. The van der Waals surface area contributed by atoms with Gasteiger partial charge in [0.05, 0.1) is 18.1 Å². The lowest BCUT2D eigenvalue weighted by Gasteiger charge is -1.97. The molecular formula is C13H18O5. The van der Waals surface area contributed by atoms with Crippen LogP contribution in [0.2, 0.25) is 0 Å². The Balaban J connectivity index is 0.000000184. The maximum Gasteiger partial charge on any atom is 0.330 e. The average molecular weight is 254 g/mol. The monoisotopic (exact) mass is 254 g/mol. The molecule has 5 nitrogen and oxygen atoms in total. The van der Waals surface area contributed by atoms with Gasteiger partial charge < -0.3 is 14.9 Å². The number of aliphatic carboxylic acids is 2. The number of carboxylic acid groups (broad SMARTS) is 2. The first-order valence-corrected chi connectivity index (χ1v) is 5.81. The van der Waals surface area contributed by atoms with E-state index in [0.29, 0.717) is 12.5 Å². The number of hydrogen-bond donors (Lipinski definition) is 2. The highest BCUT2D eigenvalue weighted by Crippen LogP contribution is 2.46. The number of carboxylic acids is 2. The summed E-state index contributed by atoms with van der Waals surface area (Å²) in [5, 5.41) is 16.8. The summed E-state index contributed by atoms with van der Waals surface area (Å²) in [7, 11) is 0. The zero-order valence-electron chi connectivity index (χ0n) is 10.2. The van der Waals surface area contributed by atoms with E-state index in [0.717, 1.165) is 25.9 Å². The smallest absolute Gasteiger partial charge is 0.330 e. The molecule has 100 valence electrons. The van der Waals surface area contributed by atoms with Gasteiger partial charge in [-0.3, -0.25) is 4.79 Å². The molecule has 1 aliphatic heterocycles. The molecule has 2 aliphatic rings. The van der Waals surface area contributed by atoms with E-state index in [-0.39, 0.29) is 5.57 Å². The van der Waals surface area contributed by atoms with Gasteiger partial charge in [0, 0.05) is 5.57 Å². The van der Waals surface area contributed by atoms with Crippen LogP contribution in [0.15, 0.2) is 24.8 Å². The fourth-order valence-corrected chi connectivity index (χ4v) is 1.32. The largest absolute Gasteiger partial charge is 0.481 e. The number of hydrogen-bond acceptors (Lipinski definition) is 3. The molecule has 0 radical (unpaired) electrons. The Kier molecular flexibility index (Phi) is 4.67. The number of ether oxygens (including phenoxy) is 1. The Labute approximate surface area is 106 Å². The van der Waals surface area contributed by atoms with Crippen LogP contribution in [-0.2, 0) is 14.3 Å². The van der Waals surface area contributed by atoms with E-state index in [2.05, 4.69) is 13.2 Å². The fraction of sp³-hybridized carbons (Fsp3) is 0.538. The van der Waals surface area contributed by atoms with Crippen molar-refractivity contribution in [3.05, 3.63) is 24.8 Å². The minimum absolute atomic E-state index is 0.274. The first kappa shape index (κ1) is 14.4. The highest BCUT2D eigenvalue weighted by Gasteiger charge is 2.47. The molecule has 1 heterocycles. The van der Waals surface area contributed by atoms with Crippen LogP contribution in [0.3, 0.4) is 0 Å². The van der Waals surface area contributed by atoms with Gasteiger partial charge in [-0.1, -0.05) is 12.7 Å². The zero-order chi connectivity index (χ0) is 13.8. The second-order valence-corrected chi connectivity index (χ2v) is 4.57. The van der Waals surface area contributed by atoms with E-state index >= 15 is 0 Å². The van der Waals surface area contributed by atoms with Gasteiger partial charge in [0.25, 0.3) is 0 Å². The molecule has 2 fully saturated rings. The van der Waals surface area contributed by atoms with E-state index in [1.807, 2.05) is 0 Å². The van der Waals surface area contributed by atoms with Crippen LogP contribution in [0.5, 0.6) is 0 Å². The van der Waals surface area contributed by atoms with E-state index in [9.17, 15) is 9.59 Å².